The van der Waals surface area contributed by atoms with E-state index in [9.17, 15) is 0 Å². The Hall–Kier alpha value is 0.210. The number of halogens is 1. The fourth-order valence-corrected chi connectivity index (χ4v) is 1.74. The van der Waals surface area contributed by atoms with Gasteiger partial charge in [0.1, 0.15) is 0 Å². The SMILES string of the molecule is CC(C)CN1CCOC(CCl)C1. The summed E-state index contributed by atoms with van der Waals surface area (Å²) in [7, 11) is 0. The van der Waals surface area contributed by atoms with Crippen LogP contribution >= 0.6 is 11.6 Å². The maximum atomic E-state index is 5.73. The van der Waals surface area contributed by atoms with Crippen LogP contribution in [0, 0.1) is 5.92 Å². The number of hydrogen-bond donors (Lipinski definition) is 0. The van der Waals surface area contributed by atoms with E-state index >= 15 is 0 Å². The van der Waals surface area contributed by atoms with Gasteiger partial charge in [0.25, 0.3) is 0 Å². The number of rotatable bonds is 3. The molecule has 1 aliphatic heterocycles. The number of alkyl halides is 1. The van der Waals surface area contributed by atoms with Crippen molar-refractivity contribution in [2.75, 3.05) is 32.1 Å². The fourth-order valence-electron chi connectivity index (χ4n) is 1.56. The van der Waals surface area contributed by atoms with E-state index in [2.05, 4.69) is 18.7 Å². The van der Waals surface area contributed by atoms with Gasteiger partial charge in [-0.1, -0.05) is 13.8 Å². The predicted octanol–water partition coefficient (Wildman–Crippen LogP) is 1.58. The quantitative estimate of drug-likeness (QED) is 0.629. The van der Waals surface area contributed by atoms with Crippen LogP contribution in [0.25, 0.3) is 0 Å². The molecule has 2 nitrogen and oxygen atoms in total. The molecule has 0 saturated carbocycles. The maximum absolute atomic E-state index is 5.73. The molecule has 3 heteroatoms. The zero-order valence-electron chi connectivity index (χ0n) is 7.92. The van der Waals surface area contributed by atoms with E-state index in [-0.39, 0.29) is 6.10 Å². The summed E-state index contributed by atoms with van der Waals surface area (Å²) in [6.45, 7) is 8.55. The van der Waals surface area contributed by atoms with Crippen LogP contribution in [0.3, 0.4) is 0 Å². The molecule has 0 aromatic heterocycles. The van der Waals surface area contributed by atoms with Gasteiger partial charge < -0.3 is 4.74 Å². The smallest absolute Gasteiger partial charge is 0.0837 e. The molecule has 0 aromatic rings. The van der Waals surface area contributed by atoms with Crippen molar-refractivity contribution in [1.82, 2.24) is 4.90 Å². The molecule has 0 N–H and O–H groups in total. The topological polar surface area (TPSA) is 12.5 Å². The average molecular weight is 192 g/mol. The van der Waals surface area contributed by atoms with Crippen molar-refractivity contribution in [2.45, 2.75) is 20.0 Å². The summed E-state index contributed by atoms with van der Waals surface area (Å²) in [6, 6.07) is 0. The molecule has 0 aromatic carbocycles. The first-order chi connectivity index (χ1) is 5.72. The summed E-state index contributed by atoms with van der Waals surface area (Å²) in [5.41, 5.74) is 0. The van der Waals surface area contributed by atoms with Crippen LogP contribution in [0.15, 0.2) is 0 Å². The minimum atomic E-state index is 0.249. The monoisotopic (exact) mass is 191 g/mol. The molecule has 1 atom stereocenters. The average Bonchev–Trinajstić information content (AvgIpc) is 2.03. The second kappa shape index (κ2) is 5.05. The van der Waals surface area contributed by atoms with E-state index in [0.717, 1.165) is 32.2 Å². The molecule has 0 amide bonds. The van der Waals surface area contributed by atoms with Crippen LogP contribution < -0.4 is 0 Å². The van der Waals surface area contributed by atoms with E-state index in [1.54, 1.807) is 0 Å². The molecule has 72 valence electrons. The Morgan fingerprint density at radius 3 is 2.92 bits per heavy atom. The lowest BCUT2D eigenvalue weighted by Gasteiger charge is -2.32. The van der Waals surface area contributed by atoms with Gasteiger partial charge in [-0.05, 0) is 5.92 Å². The van der Waals surface area contributed by atoms with Crippen molar-refractivity contribution >= 4 is 11.6 Å². The lowest BCUT2D eigenvalue weighted by Crippen LogP contribution is -2.44. The molecule has 1 aliphatic rings. The van der Waals surface area contributed by atoms with Gasteiger partial charge in [-0.2, -0.15) is 0 Å². The van der Waals surface area contributed by atoms with Gasteiger partial charge in [0, 0.05) is 25.5 Å². The second-order valence-corrected chi connectivity index (χ2v) is 4.11. The summed E-state index contributed by atoms with van der Waals surface area (Å²) in [5.74, 6) is 1.35. The Labute approximate surface area is 79.8 Å². The molecule has 0 spiro atoms. The number of ether oxygens (including phenoxy) is 1. The Morgan fingerprint density at radius 1 is 1.58 bits per heavy atom. The van der Waals surface area contributed by atoms with E-state index in [0.29, 0.717) is 5.88 Å². The van der Waals surface area contributed by atoms with E-state index in [1.165, 1.54) is 0 Å². The lowest BCUT2D eigenvalue weighted by atomic mass is 10.2. The van der Waals surface area contributed by atoms with Gasteiger partial charge in [0.2, 0.25) is 0 Å². The minimum absolute atomic E-state index is 0.249. The molecular formula is C9H18ClNO. The van der Waals surface area contributed by atoms with Crippen LogP contribution in [-0.4, -0.2) is 43.1 Å². The molecule has 1 rings (SSSR count). The summed E-state index contributed by atoms with van der Waals surface area (Å²) in [6.07, 6.45) is 0.249. The highest BCUT2D eigenvalue weighted by molar-refractivity contribution is 6.18. The zero-order chi connectivity index (χ0) is 8.97. The molecule has 1 fully saturated rings. The van der Waals surface area contributed by atoms with Gasteiger partial charge in [0.15, 0.2) is 0 Å². The molecule has 0 aliphatic carbocycles. The molecule has 0 radical (unpaired) electrons. The van der Waals surface area contributed by atoms with Crippen LogP contribution in [0.5, 0.6) is 0 Å². The summed E-state index contributed by atoms with van der Waals surface area (Å²) >= 11 is 5.73. The summed E-state index contributed by atoms with van der Waals surface area (Å²) in [5, 5.41) is 0. The van der Waals surface area contributed by atoms with E-state index < -0.39 is 0 Å². The van der Waals surface area contributed by atoms with Crippen LogP contribution in [0.4, 0.5) is 0 Å². The van der Waals surface area contributed by atoms with Crippen molar-refractivity contribution in [3.8, 4) is 0 Å². The predicted molar refractivity (Wildman–Crippen MR) is 51.7 cm³/mol. The van der Waals surface area contributed by atoms with Crippen LogP contribution in [0.1, 0.15) is 13.8 Å². The molecule has 12 heavy (non-hydrogen) atoms. The minimum Gasteiger partial charge on any atom is -0.374 e. The van der Waals surface area contributed by atoms with Crippen LogP contribution in [-0.2, 0) is 4.74 Å². The first-order valence-corrected chi connectivity index (χ1v) is 5.15. The van der Waals surface area contributed by atoms with Crippen molar-refractivity contribution in [3.63, 3.8) is 0 Å². The van der Waals surface area contributed by atoms with Crippen molar-refractivity contribution in [3.05, 3.63) is 0 Å². The standard InChI is InChI=1S/C9H18ClNO/c1-8(2)6-11-3-4-12-9(5-10)7-11/h8-9H,3-7H2,1-2H3. The second-order valence-electron chi connectivity index (χ2n) is 3.80. The number of hydrogen-bond acceptors (Lipinski definition) is 2. The number of morpholine rings is 1. The van der Waals surface area contributed by atoms with Gasteiger partial charge in [-0.25, -0.2) is 0 Å². The highest BCUT2D eigenvalue weighted by Gasteiger charge is 2.19. The first-order valence-electron chi connectivity index (χ1n) is 4.62. The maximum Gasteiger partial charge on any atom is 0.0837 e. The van der Waals surface area contributed by atoms with Gasteiger partial charge in [-0.3, -0.25) is 4.90 Å². The Bertz CT molecular complexity index is 130. The van der Waals surface area contributed by atoms with Gasteiger partial charge >= 0.3 is 0 Å². The van der Waals surface area contributed by atoms with Crippen LogP contribution in [0.2, 0.25) is 0 Å². The normalized spacial score (nSPS) is 26.5. The molecule has 1 saturated heterocycles. The van der Waals surface area contributed by atoms with E-state index in [1.807, 2.05) is 0 Å². The Morgan fingerprint density at radius 2 is 2.33 bits per heavy atom. The van der Waals surface area contributed by atoms with Crippen molar-refractivity contribution < 1.29 is 4.74 Å². The zero-order valence-corrected chi connectivity index (χ0v) is 8.68. The fraction of sp³-hybridized carbons (Fsp3) is 1.00. The number of nitrogens with zero attached hydrogens (tertiary/aromatic N) is 1. The summed E-state index contributed by atoms with van der Waals surface area (Å²) < 4.78 is 5.47. The van der Waals surface area contributed by atoms with Gasteiger partial charge in [0.05, 0.1) is 12.7 Å². The molecular weight excluding hydrogens is 174 g/mol. The Kier molecular flexibility index (Phi) is 4.33. The van der Waals surface area contributed by atoms with E-state index in [4.69, 9.17) is 16.3 Å². The van der Waals surface area contributed by atoms with Gasteiger partial charge in [-0.15, -0.1) is 11.6 Å². The largest absolute Gasteiger partial charge is 0.374 e. The molecule has 1 heterocycles. The highest BCUT2D eigenvalue weighted by atomic mass is 35.5. The third-order valence-corrected chi connectivity index (χ3v) is 2.36. The molecule has 1 unspecified atom stereocenters. The Balaban J connectivity index is 2.25. The summed E-state index contributed by atoms with van der Waals surface area (Å²) in [4.78, 5) is 2.43. The first kappa shape index (κ1) is 10.3. The third kappa shape index (κ3) is 3.30. The third-order valence-electron chi connectivity index (χ3n) is 2.02. The lowest BCUT2D eigenvalue weighted by molar-refractivity contribution is -0.0198. The highest BCUT2D eigenvalue weighted by Crippen LogP contribution is 2.08. The molecule has 0 bridgehead atoms. The van der Waals surface area contributed by atoms with Crippen molar-refractivity contribution in [2.24, 2.45) is 5.92 Å². The van der Waals surface area contributed by atoms with Crippen molar-refractivity contribution in [1.29, 1.82) is 0 Å².